The number of nitrogens with one attached hydrogen (secondary N) is 1. The third-order valence-electron chi connectivity index (χ3n) is 3.73. The van der Waals surface area contributed by atoms with Crippen molar-refractivity contribution in [2.24, 2.45) is 0 Å². The first kappa shape index (κ1) is 21.7. The van der Waals surface area contributed by atoms with Gasteiger partial charge in [-0.15, -0.1) is 0 Å². The topological polar surface area (TPSA) is 82.8 Å². The van der Waals surface area contributed by atoms with Crippen molar-refractivity contribution in [3.63, 3.8) is 0 Å². The van der Waals surface area contributed by atoms with Crippen LogP contribution >= 0.6 is 8.53 Å². The standard InChI is InChI=1S/C15H33N4O2P/c1-11(2)18(12(3)4)15(9-16,10-17-22(20)21)19(13(5)6)14(7)8/h11-14,17,20-21H,10H2,1-8H3. The van der Waals surface area contributed by atoms with Crippen LogP contribution in [0.1, 0.15) is 55.4 Å². The number of hydrogen-bond acceptors (Lipinski definition) is 6. The van der Waals surface area contributed by atoms with Gasteiger partial charge in [0, 0.05) is 30.7 Å². The Morgan fingerprint density at radius 3 is 1.41 bits per heavy atom. The van der Waals surface area contributed by atoms with Crippen molar-refractivity contribution in [1.82, 2.24) is 14.9 Å². The second kappa shape index (κ2) is 9.12. The van der Waals surface area contributed by atoms with E-state index < -0.39 is 14.2 Å². The molecule has 0 aromatic carbocycles. The molecule has 3 N–H and O–H groups in total. The summed E-state index contributed by atoms with van der Waals surface area (Å²) in [5, 5.41) is 12.8. The van der Waals surface area contributed by atoms with Gasteiger partial charge in [-0.25, -0.2) is 5.09 Å². The van der Waals surface area contributed by atoms with Gasteiger partial charge in [-0.1, -0.05) is 0 Å². The van der Waals surface area contributed by atoms with Gasteiger partial charge in [-0.2, -0.15) is 5.26 Å². The van der Waals surface area contributed by atoms with E-state index in [1.54, 1.807) is 0 Å². The van der Waals surface area contributed by atoms with Gasteiger partial charge in [0.1, 0.15) is 6.07 Å². The summed E-state index contributed by atoms with van der Waals surface area (Å²) in [7, 11) is -2.25. The summed E-state index contributed by atoms with van der Waals surface area (Å²) < 4.78 is 0. The molecule has 0 aliphatic carbocycles. The van der Waals surface area contributed by atoms with Crippen LogP contribution in [-0.4, -0.2) is 56.0 Å². The molecule has 0 atom stereocenters. The Morgan fingerprint density at radius 1 is 0.909 bits per heavy atom. The van der Waals surface area contributed by atoms with Crippen molar-refractivity contribution >= 4 is 8.53 Å². The zero-order valence-electron chi connectivity index (χ0n) is 15.2. The predicted octanol–water partition coefficient (Wildman–Crippen LogP) is 2.24. The van der Waals surface area contributed by atoms with Crippen LogP contribution in [0.15, 0.2) is 0 Å². The maximum absolute atomic E-state index is 10.1. The van der Waals surface area contributed by atoms with Crippen molar-refractivity contribution in [1.29, 1.82) is 5.26 Å². The number of nitriles is 1. The third kappa shape index (κ3) is 5.13. The number of rotatable bonds is 9. The van der Waals surface area contributed by atoms with Crippen LogP contribution < -0.4 is 5.09 Å². The fourth-order valence-corrected chi connectivity index (χ4v) is 3.91. The smallest absolute Gasteiger partial charge is 0.250 e. The van der Waals surface area contributed by atoms with Gasteiger partial charge in [0.2, 0.25) is 8.53 Å². The first-order valence-electron chi connectivity index (χ1n) is 7.90. The van der Waals surface area contributed by atoms with Crippen LogP contribution in [0.2, 0.25) is 0 Å². The molecule has 7 heteroatoms. The molecule has 0 rings (SSSR count). The minimum atomic E-state index is -2.25. The quantitative estimate of drug-likeness (QED) is 0.444. The Balaban J connectivity index is 6.05. The molecule has 0 heterocycles. The highest BCUT2D eigenvalue weighted by Gasteiger charge is 2.47. The average molecular weight is 332 g/mol. The molecular formula is C15H33N4O2P. The summed E-state index contributed by atoms with van der Waals surface area (Å²) in [5.41, 5.74) is -0.948. The molecule has 0 saturated carbocycles. The molecule has 0 saturated heterocycles. The van der Waals surface area contributed by atoms with Crippen LogP contribution in [0, 0.1) is 11.3 Å². The second-order valence-corrected chi connectivity index (χ2v) is 7.64. The summed E-state index contributed by atoms with van der Waals surface area (Å²) in [6, 6.07) is 3.05. The van der Waals surface area contributed by atoms with Crippen LogP contribution in [0.4, 0.5) is 0 Å². The zero-order chi connectivity index (χ0) is 17.7. The zero-order valence-corrected chi connectivity index (χ0v) is 16.1. The molecule has 0 aromatic heterocycles. The fourth-order valence-electron chi connectivity index (χ4n) is 3.55. The van der Waals surface area contributed by atoms with Gasteiger partial charge in [0.05, 0.1) is 0 Å². The minimum Gasteiger partial charge on any atom is -0.338 e. The lowest BCUT2D eigenvalue weighted by atomic mass is 9.98. The molecule has 0 unspecified atom stereocenters. The van der Waals surface area contributed by atoms with Crippen molar-refractivity contribution in [3.05, 3.63) is 0 Å². The summed E-state index contributed by atoms with van der Waals surface area (Å²) in [4.78, 5) is 22.9. The molecule has 0 bridgehead atoms. The van der Waals surface area contributed by atoms with E-state index in [0.29, 0.717) is 0 Å². The molecule has 6 nitrogen and oxygen atoms in total. The van der Waals surface area contributed by atoms with Crippen molar-refractivity contribution in [3.8, 4) is 6.07 Å². The normalized spacial score (nSPS) is 13.5. The maximum atomic E-state index is 10.1. The molecule has 0 spiro atoms. The highest BCUT2D eigenvalue weighted by atomic mass is 31.2. The van der Waals surface area contributed by atoms with Crippen LogP contribution in [-0.2, 0) is 0 Å². The van der Waals surface area contributed by atoms with E-state index in [1.165, 1.54) is 0 Å². The van der Waals surface area contributed by atoms with Crippen molar-refractivity contribution < 1.29 is 9.79 Å². The van der Waals surface area contributed by atoms with Gasteiger partial charge in [-0.3, -0.25) is 9.80 Å². The molecular weight excluding hydrogens is 299 g/mol. The fraction of sp³-hybridized carbons (Fsp3) is 0.933. The first-order chi connectivity index (χ1) is 10.0. The first-order valence-corrected chi connectivity index (χ1v) is 9.15. The molecule has 130 valence electrons. The van der Waals surface area contributed by atoms with Crippen LogP contribution in [0.3, 0.4) is 0 Å². The van der Waals surface area contributed by atoms with E-state index in [-0.39, 0.29) is 30.7 Å². The molecule has 0 aliphatic heterocycles. The average Bonchev–Trinajstić information content (AvgIpc) is 2.33. The van der Waals surface area contributed by atoms with Gasteiger partial charge in [-0.05, 0) is 55.4 Å². The minimum absolute atomic E-state index is 0.144. The van der Waals surface area contributed by atoms with E-state index in [1.807, 2.05) is 0 Å². The SMILES string of the molecule is CC(C)N(C(C)C)C(C#N)(CNP(O)O)N(C(C)C)C(C)C. The Kier molecular flexibility index (Phi) is 9.01. The molecule has 0 aromatic rings. The van der Waals surface area contributed by atoms with E-state index in [4.69, 9.17) is 0 Å². The number of nitrogens with zero attached hydrogens (tertiary/aromatic N) is 3. The van der Waals surface area contributed by atoms with Gasteiger partial charge in [0.15, 0.2) is 5.66 Å². The Labute approximate surface area is 137 Å². The molecule has 22 heavy (non-hydrogen) atoms. The molecule has 0 fully saturated rings. The highest BCUT2D eigenvalue weighted by molar-refractivity contribution is 7.42. The van der Waals surface area contributed by atoms with E-state index in [9.17, 15) is 15.0 Å². The lowest BCUT2D eigenvalue weighted by Gasteiger charge is -2.53. The van der Waals surface area contributed by atoms with Gasteiger partial charge < -0.3 is 9.79 Å². The summed E-state index contributed by atoms with van der Waals surface area (Å²) in [6.45, 7) is 16.7. The predicted molar refractivity (Wildman–Crippen MR) is 91.9 cm³/mol. The molecule has 0 aliphatic rings. The molecule has 0 radical (unpaired) electrons. The van der Waals surface area contributed by atoms with Crippen molar-refractivity contribution in [2.75, 3.05) is 6.54 Å². The Morgan fingerprint density at radius 2 is 1.23 bits per heavy atom. The van der Waals surface area contributed by atoms with E-state index in [0.717, 1.165) is 0 Å². The second-order valence-electron chi connectivity index (χ2n) is 6.74. The van der Waals surface area contributed by atoms with Crippen LogP contribution in [0.25, 0.3) is 0 Å². The van der Waals surface area contributed by atoms with Gasteiger partial charge in [0.25, 0.3) is 0 Å². The summed E-state index contributed by atoms with van der Waals surface area (Å²) >= 11 is 0. The third-order valence-corrected chi connectivity index (χ3v) is 4.17. The lowest BCUT2D eigenvalue weighted by molar-refractivity contribution is -0.0813. The lowest BCUT2D eigenvalue weighted by Crippen LogP contribution is -2.70. The highest BCUT2D eigenvalue weighted by Crippen LogP contribution is 2.31. The summed E-state index contributed by atoms with van der Waals surface area (Å²) in [5.74, 6) is 0. The monoisotopic (exact) mass is 332 g/mol. The van der Waals surface area contributed by atoms with Gasteiger partial charge >= 0.3 is 0 Å². The summed E-state index contributed by atoms with van der Waals surface area (Å²) in [6.07, 6.45) is 0. The number of hydrogen-bond donors (Lipinski definition) is 3. The maximum Gasteiger partial charge on any atom is 0.250 e. The Hall–Kier alpha value is -0.280. The van der Waals surface area contributed by atoms with E-state index >= 15 is 0 Å². The van der Waals surface area contributed by atoms with Crippen molar-refractivity contribution in [2.45, 2.75) is 85.2 Å². The van der Waals surface area contributed by atoms with E-state index in [2.05, 4.69) is 76.3 Å². The van der Waals surface area contributed by atoms with Crippen LogP contribution in [0.5, 0.6) is 0 Å². The largest absolute Gasteiger partial charge is 0.338 e. The Bertz CT molecular complexity index is 331. The molecule has 0 amide bonds.